The van der Waals surface area contributed by atoms with Crippen LogP contribution in [0.5, 0.6) is 11.6 Å². The molecule has 0 unspecified atom stereocenters. The molecule has 0 aliphatic carbocycles. The van der Waals surface area contributed by atoms with Gasteiger partial charge in [0.1, 0.15) is 23.4 Å². The Bertz CT molecular complexity index is 1010. The molecule has 0 saturated carbocycles. The van der Waals surface area contributed by atoms with E-state index in [1.807, 2.05) is 34.9 Å². The van der Waals surface area contributed by atoms with Gasteiger partial charge in [-0.3, -0.25) is 4.57 Å². The summed E-state index contributed by atoms with van der Waals surface area (Å²) >= 11 is 0. The van der Waals surface area contributed by atoms with Crippen LogP contribution in [0.3, 0.4) is 0 Å². The molecule has 0 amide bonds. The lowest BCUT2D eigenvalue weighted by Crippen LogP contribution is -1.97. The fourth-order valence-electron chi connectivity index (χ4n) is 2.57. The third-order valence-electron chi connectivity index (χ3n) is 3.89. The molecule has 0 aliphatic rings. The molecular formula is C19H15FN4O. The molecular weight excluding hydrogens is 319 g/mol. The van der Waals surface area contributed by atoms with Crippen molar-refractivity contribution in [1.82, 2.24) is 14.5 Å². The van der Waals surface area contributed by atoms with Crippen molar-refractivity contribution in [3.8, 4) is 17.3 Å². The number of pyridine rings is 1. The van der Waals surface area contributed by atoms with Gasteiger partial charge in [0.05, 0.1) is 11.7 Å². The van der Waals surface area contributed by atoms with Gasteiger partial charge < -0.3 is 10.5 Å². The van der Waals surface area contributed by atoms with Gasteiger partial charge in [-0.15, -0.1) is 0 Å². The molecule has 0 bridgehead atoms. The second kappa shape index (κ2) is 6.33. The second-order valence-electron chi connectivity index (χ2n) is 5.55. The van der Waals surface area contributed by atoms with Crippen molar-refractivity contribution in [1.29, 1.82) is 0 Å². The molecule has 0 spiro atoms. The molecule has 6 heteroatoms. The minimum Gasteiger partial charge on any atom is -0.439 e. The summed E-state index contributed by atoms with van der Waals surface area (Å²) in [7, 11) is 0. The second-order valence-corrected chi connectivity index (χ2v) is 5.55. The Kier molecular flexibility index (Phi) is 3.87. The molecule has 4 rings (SSSR count). The molecule has 25 heavy (non-hydrogen) atoms. The van der Waals surface area contributed by atoms with E-state index in [1.165, 1.54) is 12.1 Å². The lowest BCUT2D eigenvalue weighted by atomic mass is 10.2. The lowest BCUT2D eigenvalue weighted by molar-refractivity contribution is 0.462. The third kappa shape index (κ3) is 3.07. The van der Waals surface area contributed by atoms with E-state index in [-0.39, 0.29) is 5.82 Å². The number of nitrogens with zero attached hydrogens (tertiary/aromatic N) is 3. The van der Waals surface area contributed by atoms with Crippen LogP contribution >= 0.6 is 0 Å². The molecule has 0 atom stereocenters. The van der Waals surface area contributed by atoms with Crippen LogP contribution in [-0.4, -0.2) is 14.5 Å². The van der Waals surface area contributed by atoms with Crippen LogP contribution in [0.1, 0.15) is 5.56 Å². The molecule has 2 aromatic heterocycles. The van der Waals surface area contributed by atoms with Crippen LogP contribution < -0.4 is 10.5 Å². The van der Waals surface area contributed by atoms with E-state index in [9.17, 15) is 4.39 Å². The van der Waals surface area contributed by atoms with E-state index < -0.39 is 0 Å². The van der Waals surface area contributed by atoms with E-state index >= 15 is 0 Å². The van der Waals surface area contributed by atoms with Crippen molar-refractivity contribution in [3.05, 3.63) is 78.5 Å². The fourth-order valence-corrected chi connectivity index (χ4v) is 2.57. The van der Waals surface area contributed by atoms with E-state index in [0.29, 0.717) is 18.2 Å². The Morgan fingerprint density at radius 1 is 1.00 bits per heavy atom. The highest BCUT2D eigenvalue weighted by Gasteiger charge is 2.08. The first kappa shape index (κ1) is 15.3. The molecule has 0 radical (unpaired) electrons. The Morgan fingerprint density at radius 3 is 2.48 bits per heavy atom. The Balaban J connectivity index is 1.70. The largest absolute Gasteiger partial charge is 0.439 e. The van der Waals surface area contributed by atoms with Crippen molar-refractivity contribution >= 4 is 11.0 Å². The molecule has 2 aromatic carbocycles. The molecule has 124 valence electrons. The highest BCUT2D eigenvalue weighted by molar-refractivity contribution is 5.77. The van der Waals surface area contributed by atoms with E-state index in [2.05, 4.69) is 9.97 Å². The first-order valence-electron chi connectivity index (χ1n) is 7.79. The number of hydrogen-bond acceptors (Lipinski definition) is 4. The molecule has 0 aliphatic heterocycles. The van der Waals surface area contributed by atoms with Crippen LogP contribution in [-0.2, 0) is 6.54 Å². The van der Waals surface area contributed by atoms with Gasteiger partial charge in [0.25, 0.3) is 0 Å². The van der Waals surface area contributed by atoms with Gasteiger partial charge in [-0.1, -0.05) is 12.1 Å². The van der Waals surface area contributed by atoms with Crippen LogP contribution in [0.2, 0.25) is 0 Å². The summed E-state index contributed by atoms with van der Waals surface area (Å²) in [5, 5.41) is 0. The van der Waals surface area contributed by atoms with Crippen LogP contribution in [0.4, 0.5) is 4.39 Å². The number of nitrogens with two attached hydrogens (primary N) is 1. The maximum Gasteiger partial charge on any atom is 0.221 e. The molecule has 0 fully saturated rings. The van der Waals surface area contributed by atoms with Crippen molar-refractivity contribution in [2.75, 3.05) is 0 Å². The first-order valence-corrected chi connectivity index (χ1v) is 7.79. The molecule has 4 aromatic rings. The summed E-state index contributed by atoms with van der Waals surface area (Å²) in [6.07, 6.45) is 3.39. The average Bonchev–Trinajstić information content (AvgIpc) is 3.07. The van der Waals surface area contributed by atoms with Gasteiger partial charge in [-0.25, -0.2) is 14.4 Å². The number of rotatable bonds is 4. The zero-order valence-corrected chi connectivity index (χ0v) is 13.3. The van der Waals surface area contributed by atoms with Gasteiger partial charge in [0, 0.05) is 18.3 Å². The van der Waals surface area contributed by atoms with E-state index in [0.717, 1.165) is 22.3 Å². The first-order chi connectivity index (χ1) is 12.2. The van der Waals surface area contributed by atoms with Gasteiger partial charge in [0.2, 0.25) is 5.88 Å². The number of imidazole rings is 1. The standard InChI is InChI=1S/C19H15FN4O/c20-14-3-7-16(8-4-14)25-19-9-18-17(11-22-19)23-12-24(18)15-5-1-13(10-21)2-6-15/h1-9,11-12H,10,21H2. The number of ether oxygens (including phenoxy) is 1. The Labute approximate surface area is 143 Å². The highest BCUT2D eigenvalue weighted by atomic mass is 19.1. The quantitative estimate of drug-likeness (QED) is 0.616. The molecule has 5 nitrogen and oxygen atoms in total. The molecule has 2 N–H and O–H groups in total. The summed E-state index contributed by atoms with van der Waals surface area (Å²) in [5.74, 6) is 0.626. The minimum absolute atomic E-state index is 0.310. The zero-order chi connectivity index (χ0) is 17.2. The topological polar surface area (TPSA) is 66.0 Å². The Hall–Kier alpha value is -3.25. The number of fused-ring (bicyclic) bond motifs is 1. The van der Waals surface area contributed by atoms with Crippen molar-refractivity contribution in [3.63, 3.8) is 0 Å². The normalized spacial score (nSPS) is 11.0. The van der Waals surface area contributed by atoms with E-state index in [4.69, 9.17) is 10.5 Å². The van der Waals surface area contributed by atoms with E-state index in [1.54, 1.807) is 24.7 Å². The van der Waals surface area contributed by atoms with Crippen LogP contribution in [0, 0.1) is 5.82 Å². The highest BCUT2D eigenvalue weighted by Crippen LogP contribution is 2.25. The van der Waals surface area contributed by atoms with Crippen LogP contribution in [0.25, 0.3) is 16.7 Å². The maximum atomic E-state index is 13.0. The summed E-state index contributed by atoms with van der Waals surface area (Å²) in [6, 6.07) is 15.6. The van der Waals surface area contributed by atoms with Gasteiger partial charge in [-0.2, -0.15) is 0 Å². The predicted molar refractivity (Wildman–Crippen MR) is 93.2 cm³/mol. The number of benzene rings is 2. The summed E-state index contributed by atoms with van der Waals surface area (Å²) in [6.45, 7) is 0.504. The minimum atomic E-state index is -0.310. The smallest absolute Gasteiger partial charge is 0.221 e. The average molecular weight is 334 g/mol. The number of aromatic nitrogens is 3. The van der Waals surface area contributed by atoms with Crippen LogP contribution in [0.15, 0.2) is 67.1 Å². The zero-order valence-electron chi connectivity index (χ0n) is 13.3. The van der Waals surface area contributed by atoms with Crippen molar-refractivity contribution < 1.29 is 9.13 Å². The van der Waals surface area contributed by atoms with Gasteiger partial charge in [-0.05, 0) is 42.0 Å². The van der Waals surface area contributed by atoms with Gasteiger partial charge in [0.15, 0.2) is 0 Å². The number of hydrogen-bond donors (Lipinski definition) is 1. The monoisotopic (exact) mass is 334 g/mol. The maximum absolute atomic E-state index is 13.0. The van der Waals surface area contributed by atoms with Gasteiger partial charge >= 0.3 is 0 Å². The van der Waals surface area contributed by atoms with Crippen molar-refractivity contribution in [2.24, 2.45) is 5.73 Å². The molecule has 2 heterocycles. The third-order valence-corrected chi connectivity index (χ3v) is 3.89. The lowest BCUT2D eigenvalue weighted by Gasteiger charge is -2.07. The summed E-state index contributed by atoms with van der Waals surface area (Å²) in [5.41, 5.74) is 9.31. The van der Waals surface area contributed by atoms with Crippen molar-refractivity contribution in [2.45, 2.75) is 6.54 Å². The molecule has 0 saturated heterocycles. The summed E-state index contributed by atoms with van der Waals surface area (Å²) in [4.78, 5) is 8.62. The summed E-state index contributed by atoms with van der Waals surface area (Å²) < 4.78 is 20.7. The predicted octanol–water partition coefficient (Wildman–Crippen LogP) is 3.81. The Morgan fingerprint density at radius 2 is 1.76 bits per heavy atom. The number of halogens is 1. The fraction of sp³-hybridized carbons (Fsp3) is 0.0526. The SMILES string of the molecule is NCc1ccc(-n2cnc3cnc(Oc4ccc(F)cc4)cc32)cc1.